The fraction of sp³-hybridized carbons (Fsp3) is 0.700. The molecule has 1 aromatic rings. The summed E-state index contributed by atoms with van der Waals surface area (Å²) < 4.78 is 2.00. The zero-order valence-corrected chi connectivity index (χ0v) is 9.07. The van der Waals surface area contributed by atoms with Crippen LogP contribution in [0.5, 0.6) is 0 Å². The van der Waals surface area contributed by atoms with Crippen LogP contribution < -0.4 is 5.32 Å². The molecule has 0 amide bonds. The van der Waals surface area contributed by atoms with E-state index in [-0.39, 0.29) is 12.1 Å². The maximum Gasteiger partial charge on any atom is 0.125 e. The molecule has 4 heteroatoms. The van der Waals surface area contributed by atoms with Crippen LogP contribution in [0.15, 0.2) is 12.4 Å². The van der Waals surface area contributed by atoms with E-state index in [1.54, 1.807) is 13.1 Å². The van der Waals surface area contributed by atoms with Crippen molar-refractivity contribution in [2.24, 2.45) is 7.05 Å². The molecule has 0 aromatic carbocycles. The first kappa shape index (κ1) is 11.2. The van der Waals surface area contributed by atoms with Crippen LogP contribution in [0.3, 0.4) is 0 Å². The van der Waals surface area contributed by atoms with Gasteiger partial charge in [0.05, 0.1) is 12.1 Å². The molecule has 0 saturated carbocycles. The second kappa shape index (κ2) is 5.12. The number of aromatic nitrogens is 2. The molecular weight excluding hydrogens is 178 g/mol. The zero-order valence-electron chi connectivity index (χ0n) is 9.07. The smallest absolute Gasteiger partial charge is 0.125 e. The third kappa shape index (κ3) is 2.82. The highest BCUT2D eigenvalue weighted by molar-refractivity contribution is 4.98. The molecular formula is C10H19N3O. The summed E-state index contributed by atoms with van der Waals surface area (Å²) in [6.07, 6.45) is 4.38. The van der Waals surface area contributed by atoms with Crippen molar-refractivity contribution < 1.29 is 5.11 Å². The lowest BCUT2D eigenvalue weighted by Crippen LogP contribution is -2.30. The summed E-state index contributed by atoms with van der Waals surface area (Å²) in [5.74, 6) is 1.02. The first-order valence-corrected chi connectivity index (χ1v) is 5.03. The Balaban J connectivity index is 2.58. The van der Waals surface area contributed by atoms with Gasteiger partial charge in [0.2, 0.25) is 0 Å². The van der Waals surface area contributed by atoms with Crippen LogP contribution in [0.2, 0.25) is 0 Å². The van der Waals surface area contributed by atoms with Crippen molar-refractivity contribution in [1.82, 2.24) is 14.9 Å². The Labute approximate surface area is 85.0 Å². The van der Waals surface area contributed by atoms with Gasteiger partial charge < -0.3 is 15.0 Å². The number of hydrogen-bond acceptors (Lipinski definition) is 3. The van der Waals surface area contributed by atoms with Gasteiger partial charge in [0.15, 0.2) is 0 Å². The fourth-order valence-electron chi connectivity index (χ4n) is 1.44. The molecule has 1 aromatic heterocycles. The summed E-state index contributed by atoms with van der Waals surface area (Å²) in [7, 11) is 1.98. The predicted molar refractivity (Wildman–Crippen MR) is 55.9 cm³/mol. The van der Waals surface area contributed by atoms with E-state index in [9.17, 15) is 5.11 Å². The summed E-state index contributed by atoms with van der Waals surface area (Å²) in [5, 5.41) is 12.5. The number of nitrogens with zero attached hydrogens (tertiary/aromatic N) is 2. The summed E-state index contributed by atoms with van der Waals surface area (Å²) >= 11 is 0. The number of rotatable bonds is 5. The normalized spacial score (nSPS) is 15.4. The molecule has 4 nitrogen and oxygen atoms in total. The number of hydrogen-bond donors (Lipinski definition) is 2. The van der Waals surface area contributed by atoms with E-state index in [2.05, 4.69) is 17.2 Å². The Kier molecular flexibility index (Phi) is 4.10. The van der Waals surface area contributed by atoms with Crippen LogP contribution in [0.4, 0.5) is 0 Å². The average Bonchev–Trinajstić information content (AvgIpc) is 2.53. The van der Waals surface area contributed by atoms with Gasteiger partial charge in [-0.25, -0.2) is 4.98 Å². The summed E-state index contributed by atoms with van der Waals surface area (Å²) in [4.78, 5) is 4.28. The number of imidazole rings is 1. The lowest BCUT2D eigenvalue weighted by Gasteiger charge is -2.17. The van der Waals surface area contributed by atoms with Crippen LogP contribution >= 0.6 is 0 Å². The molecule has 14 heavy (non-hydrogen) atoms. The standard InChI is InChI=1S/C10H19N3O/c1-4-9(12-7-8(2)14)10-11-5-6-13(10)3/h5-6,8-9,12,14H,4,7H2,1-3H3/t8-,9?/m0/s1. The van der Waals surface area contributed by atoms with Crippen molar-refractivity contribution in [3.05, 3.63) is 18.2 Å². The van der Waals surface area contributed by atoms with E-state index in [1.807, 2.05) is 17.8 Å². The fourth-order valence-corrected chi connectivity index (χ4v) is 1.44. The van der Waals surface area contributed by atoms with Crippen molar-refractivity contribution >= 4 is 0 Å². The van der Waals surface area contributed by atoms with Crippen molar-refractivity contribution in [3.63, 3.8) is 0 Å². The van der Waals surface area contributed by atoms with Gasteiger partial charge >= 0.3 is 0 Å². The van der Waals surface area contributed by atoms with E-state index in [0.717, 1.165) is 12.2 Å². The van der Waals surface area contributed by atoms with Gasteiger partial charge in [-0.15, -0.1) is 0 Å². The van der Waals surface area contributed by atoms with Crippen LogP contribution in [0, 0.1) is 0 Å². The number of nitrogens with one attached hydrogen (secondary N) is 1. The van der Waals surface area contributed by atoms with Crippen LogP contribution in [0.25, 0.3) is 0 Å². The second-order valence-corrected chi connectivity index (χ2v) is 3.61. The summed E-state index contributed by atoms with van der Waals surface area (Å²) in [5.41, 5.74) is 0. The molecule has 0 fully saturated rings. The second-order valence-electron chi connectivity index (χ2n) is 3.61. The van der Waals surface area contributed by atoms with Gasteiger partial charge in [-0.1, -0.05) is 6.92 Å². The average molecular weight is 197 g/mol. The van der Waals surface area contributed by atoms with Gasteiger partial charge in [0.25, 0.3) is 0 Å². The van der Waals surface area contributed by atoms with Crippen molar-refractivity contribution in [3.8, 4) is 0 Å². The molecule has 80 valence electrons. The quantitative estimate of drug-likeness (QED) is 0.735. The highest BCUT2D eigenvalue weighted by Gasteiger charge is 2.13. The maximum absolute atomic E-state index is 9.17. The van der Waals surface area contributed by atoms with Crippen molar-refractivity contribution in [2.45, 2.75) is 32.4 Å². The van der Waals surface area contributed by atoms with Crippen LogP contribution in [0.1, 0.15) is 32.1 Å². The minimum Gasteiger partial charge on any atom is -0.392 e. The predicted octanol–water partition coefficient (Wildman–Crippen LogP) is 0.842. The van der Waals surface area contributed by atoms with E-state index in [1.165, 1.54) is 0 Å². The first-order chi connectivity index (χ1) is 6.65. The topological polar surface area (TPSA) is 50.1 Å². The Hall–Kier alpha value is -0.870. The van der Waals surface area contributed by atoms with E-state index in [0.29, 0.717) is 6.54 Å². The van der Waals surface area contributed by atoms with E-state index < -0.39 is 0 Å². The lowest BCUT2D eigenvalue weighted by atomic mass is 10.2. The summed E-state index contributed by atoms with van der Waals surface area (Å²) in [6.45, 7) is 4.48. The summed E-state index contributed by atoms with van der Waals surface area (Å²) in [6, 6.07) is 0.226. The maximum atomic E-state index is 9.17. The molecule has 0 radical (unpaired) electrons. The van der Waals surface area contributed by atoms with Gasteiger partial charge in [-0.05, 0) is 13.3 Å². The Morgan fingerprint density at radius 3 is 2.79 bits per heavy atom. The highest BCUT2D eigenvalue weighted by Crippen LogP contribution is 2.13. The first-order valence-electron chi connectivity index (χ1n) is 5.03. The van der Waals surface area contributed by atoms with Gasteiger partial charge in [-0.3, -0.25) is 0 Å². The zero-order chi connectivity index (χ0) is 10.6. The molecule has 0 aliphatic heterocycles. The van der Waals surface area contributed by atoms with Gasteiger partial charge in [-0.2, -0.15) is 0 Å². The van der Waals surface area contributed by atoms with Gasteiger partial charge in [0, 0.05) is 26.0 Å². The molecule has 1 rings (SSSR count). The van der Waals surface area contributed by atoms with Crippen LogP contribution in [-0.2, 0) is 7.05 Å². The molecule has 0 spiro atoms. The highest BCUT2D eigenvalue weighted by atomic mass is 16.3. The Bertz CT molecular complexity index is 270. The SMILES string of the molecule is CCC(NC[C@H](C)O)c1nccn1C. The molecule has 1 heterocycles. The third-order valence-corrected chi connectivity index (χ3v) is 2.24. The molecule has 2 atom stereocenters. The number of aryl methyl sites for hydroxylation is 1. The largest absolute Gasteiger partial charge is 0.392 e. The minimum atomic E-state index is -0.315. The molecule has 0 saturated heterocycles. The molecule has 0 bridgehead atoms. The number of aliphatic hydroxyl groups excluding tert-OH is 1. The van der Waals surface area contributed by atoms with E-state index in [4.69, 9.17) is 0 Å². The molecule has 0 aliphatic rings. The minimum absolute atomic E-state index is 0.226. The Morgan fingerprint density at radius 1 is 1.64 bits per heavy atom. The Morgan fingerprint density at radius 2 is 2.36 bits per heavy atom. The van der Waals surface area contributed by atoms with Crippen molar-refractivity contribution in [2.75, 3.05) is 6.54 Å². The van der Waals surface area contributed by atoms with Crippen LogP contribution in [-0.4, -0.2) is 27.3 Å². The molecule has 1 unspecified atom stereocenters. The third-order valence-electron chi connectivity index (χ3n) is 2.24. The van der Waals surface area contributed by atoms with Gasteiger partial charge in [0.1, 0.15) is 5.82 Å². The van der Waals surface area contributed by atoms with E-state index >= 15 is 0 Å². The molecule has 0 aliphatic carbocycles. The van der Waals surface area contributed by atoms with Crippen molar-refractivity contribution in [1.29, 1.82) is 0 Å². The lowest BCUT2D eigenvalue weighted by molar-refractivity contribution is 0.184. The molecule has 2 N–H and O–H groups in total. The monoisotopic (exact) mass is 197 g/mol. The number of aliphatic hydroxyl groups is 1.